The summed E-state index contributed by atoms with van der Waals surface area (Å²) in [6.07, 6.45) is 3.80. The summed E-state index contributed by atoms with van der Waals surface area (Å²) in [5.74, 6) is 0.409. The number of amides is 1. The van der Waals surface area contributed by atoms with E-state index in [4.69, 9.17) is 16.3 Å². The maximum Gasteiger partial charge on any atom is 0.259 e. The number of pyridine rings is 1. The number of halogens is 1. The van der Waals surface area contributed by atoms with E-state index in [2.05, 4.69) is 20.9 Å². The molecular weight excluding hydrogens is 388 g/mol. The number of ether oxygens (including phenoxy) is 1. The van der Waals surface area contributed by atoms with Crippen LogP contribution in [-0.4, -0.2) is 73.1 Å². The van der Waals surface area contributed by atoms with Crippen molar-refractivity contribution in [1.82, 2.24) is 14.8 Å². The van der Waals surface area contributed by atoms with Crippen LogP contribution in [0.1, 0.15) is 23.2 Å². The van der Waals surface area contributed by atoms with E-state index in [9.17, 15) is 4.79 Å². The van der Waals surface area contributed by atoms with Crippen LogP contribution in [0, 0.1) is 0 Å². The highest BCUT2D eigenvalue weighted by Gasteiger charge is 2.31. The van der Waals surface area contributed by atoms with Gasteiger partial charge in [-0.2, -0.15) is 0 Å². The zero-order valence-electron chi connectivity index (χ0n) is 16.8. The van der Waals surface area contributed by atoms with Gasteiger partial charge in [0.05, 0.1) is 7.11 Å². The van der Waals surface area contributed by atoms with E-state index in [-0.39, 0.29) is 5.91 Å². The molecular formula is C22H27ClN4O2. The van der Waals surface area contributed by atoms with Crippen LogP contribution in [0.2, 0.25) is 5.02 Å². The first-order valence-electron chi connectivity index (χ1n) is 10.2. The maximum absolute atomic E-state index is 13.0. The van der Waals surface area contributed by atoms with Crippen LogP contribution >= 0.6 is 11.6 Å². The molecule has 1 atom stereocenters. The number of carbonyl (C=O) groups excluding carboxylic acids is 1. The summed E-state index contributed by atoms with van der Waals surface area (Å²) >= 11 is 6.14. The summed E-state index contributed by atoms with van der Waals surface area (Å²) in [6, 6.07) is 12.0. The van der Waals surface area contributed by atoms with Crippen molar-refractivity contribution in [2.75, 3.05) is 51.3 Å². The molecule has 0 spiro atoms. The number of benzene rings is 1. The van der Waals surface area contributed by atoms with Gasteiger partial charge in [0.15, 0.2) is 0 Å². The third kappa shape index (κ3) is 4.49. The number of rotatable bonds is 4. The first kappa shape index (κ1) is 20.0. The van der Waals surface area contributed by atoms with Gasteiger partial charge < -0.3 is 14.5 Å². The summed E-state index contributed by atoms with van der Waals surface area (Å²) in [5.41, 5.74) is 1.72. The van der Waals surface area contributed by atoms with Crippen LogP contribution < -0.4 is 9.64 Å². The van der Waals surface area contributed by atoms with E-state index in [1.807, 2.05) is 23.1 Å². The van der Waals surface area contributed by atoms with Crippen molar-refractivity contribution in [3.63, 3.8) is 0 Å². The molecule has 6 nitrogen and oxygen atoms in total. The Morgan fingerprint density at radius 3 is 2.72 bits per heavy atom. The fraction of sp³-hybridized carbons (Fsp3) is 0.455. The zero-order chi connectivity index (χ0) is 20.2. The minimum absolute atomic E-state index is 0.0113. The molecule has 1 amide bonds. The molecule has 7 heteroatoms. The SMILES string of the molecule is COc1ncccc1C(=O)N1CCC[C@H](N2CCN(c3cccc(Cl)c3)CC2)C1. The standard InChI is InChI=1S/C22H27ClN4O2/c1-29-21-20(8-3-9-24-21)22(28)27-10-4-7-19(16-27)26-13-11-25(12-14-26)18-6-2-5-17(23)15-18/h2-3,5-6,8-9,15,19H,4,7,10-14,16H2,1H3/t19-/m0/s1. The highest BCUT2D eigenvalue weighted by Crippen LogP contribution is 2.25. The molecule has 2 aliphatic rings. The van der Waals surface area contributed by atoms with Gasteiger partial charge in [-0.05, 0) is 43.2 Å². The van der Waals surface area contributed by atoms with E-state index < -0.39 is 0 Å². The number of piperazine rings is 1. The first-order chi connectivity index (χ1) is 14.2. The molecule has 0 bridgehead atoms. The molecule has 2 aromatic rings. The highest BCUT2D eigenvalue weighted by atomic mass is 35.5. The Morgan fingerprint density at radius 1 is 1.14 bits per heavy atom. The third-order valence-electron chi connectivity index (χ3n) is 5.88. The number of carbonyl (C=O) groups is 1. The molecule has 0 saturated carbocycles. The molecule has 0 unspecified atom stereocenters. The number of hydrogen-bond acceptors (Lipinski definition) is 5. The molecule has 2 fully saturated rings. The number of aromatic nitrogens is 1. The topological polar surface area (TPSA) is 48.9 Å². The molecule has 2 saturated heterocycles. The molecule has 1 aromatic heterocycles. The molecule has 2 aliphatic heterocycles. The Balaban J connectivity index is 1.37. The Kier molecular flexibility index (Phi) is 6.21. The second kappa shape index (κ2) is 9.01. The molecule has 0 aliphatic carbocycles. The van der Waals surface area contributed by atoms with Gasteiger partial charge in [-0.1, -0.05) is 17.7 Å². The van der Waals surface area contributed by atoms with Gasteiger partial charge in [0.25, 0.3) is 5.91 Å². The fourth-order valence-corrected chi connectivity index (χ4v) is 4.53. The second-order valence-corrected chi connectivity index (χ2v) is 8.05. The molecule has 29 heavy (non-hydrogen) atoms. The summed E-state index contributed by atoms with van der Waals surface area (Å²) in [4.78, 5) is 24.1. The number of methoxy groups -OCH3 is 1. The van der Waals surface area contributed by atoms with Crippen LogP contribution in [0.15, 0.2) is 42.6 Å². The Morgan fingerprint density at radius 2 is 1.97 bits per heavy atom. The Bertz CT molecular complexity index is 854. The summed E-state index contributed by atoms with van der Waals surface area (Å²) in [7, 11) is 1.55. The summed E-state index contributed by atoms with van der Waals surface area (Å²) in [5, 5.41) is 0.775. The van der Waals surface area contributed by atoms with E-state index in [1.54, 1.807) is 25.4 Å². The van der Waals surface area contributed by atoms with E-state index >= 15 is 0 Å². The largest absolute Gasteiger partial charge is 0.480 e. The number of hydrogen-bond donors (Lipinski definition) is 0. The summed E-state index contributed by atoms with van der Waals surface area (Å²) in [6.45, 7) is 5.48. The normalized spacial score (nSPS) is 20.6. The number of likely N-dealkylation sites (tertiary alicyclic amines) is 1. The third-order valence-corrected chi connectivity index (χ3v) is 6.12. The molecule has 4 rings (SSSR count). The van der Waals surface area contributed by atoms with Gasteiger partial charge in [0.1, 0.15) is 5.56 Å². The average molecular weight is 415 g/mol. The molecule has 3 heterocycles. The minimum Gasteiger partial charge on any atom is -0.480 e. The van der Waals surface area contributed by atoms with Gasteiger partial charge in [-0.15, -0.1) is 0 Å². The fourth-order valence-electron chi connectivity index (χ4n) is 4.34. The predicted octanol–water partition coefficient (Wildman–Crippen LogP) is 3.17. The smallest absolute Gasteiger partial charge is 0.259 e. The van der Waals surface area contributed by atoms with Crippen LogP contribution in [0.3, 0.4) is 0 Å². The number of nitrogens with zero attached hydrogens (tertiary/aromatic N) is 4. The van der Waals surface area contributed by atoms with Crippen molar-refractivity contribution in [1.29, 1.82) is 0 Å². The van der Waals surface area contributed by atoms with E-state index in [0.29, 0.717) is 17.5 Å². The Labute approximate surface area is 177 Å². The lowest BCUT2D eigenvalue weighted by molar-refractivity contribution is 0.0560. The quantitative estimate of drug-likeness (QED) is 0.769. The lowest BCUT2D eigenvalue weighted by Gasteiger charge is -2.44. The minimum atomic E-state index is 0.0113. The number of anilines is 1. The highest BCUT2D eigenvalue weighted by molar-refractivity contribution is 6.30. The molecule has 0 N–H and O–H groups in total. The van der Waals surface area contributed by atoms with E-state index in [0.717, 1.165) is 57.1 Å². The Hall–Kier alpha value is -2.31. The zero-order valence-corrected chi connectivity index (χ0v) is 17.5. The lowest BCUT2D eigenvalue weighted by atomic mass is 10.0. The van der Waals surface area contributed by atoms with Crippen molar-refractivity contribution in [2.45, 2.75) is 18.9 Å². The van der Waals surface area contributed by atoms with Crippen molar-refractivity contribution in [3.05, 3.63) is 53.2 Å². The van der Waals surface area contributed by atoms with Crippen LogP contribution in [0.4, 0.5) is 5.69 Å². The van der Waals surface area contributed by atoms with Crippen molar-refractivity contribution >= 4 is 23.2 Å². The van der Waals surface area contributed by atoms with Crippen LogP contribution in [-0.2, 0) is 0 Å². The first-order valence-corrected chi connectivity index (χ1v) is 10.6. The van der Waals surface area contributed by atoms with Crippen LogP contribution in [0.5, 0.6) is 5.88 Å². The van der Waals surface area contributed by atoms with Gasteiger partial charge in [0, 0.05) is 62.2 Å². The van der Waals surface area contributed by atoms with Crippen LogP contribution in [0.25, 0.3) is 0 Å². The van der Waals surface area contributed by atoms with Crippen molar-refractivity contribution < 1.29 is 9.53 Å². The van der Waals surface area contributed by atoms with Gasteiger partial charge in [0.2, 0.25) is 5.88 Å². The van der Waals surface area contributed by atoms with Gasteiger partial charge >= 0.3 is 0 Å². The van der Waals surface area contributed by atoms with Gasteiger partial charge in [-0.3, -0.25) is 9.69 Å². The second-order valence-electron chi connectivity index (χ2n) is 7.61. The average Bonchev–Trinajstić information content (AvgIpc) is 2.79. The monoisotopic (exact) mass is 414 g/mol. The molecule has 1 aromatic carbocycles. The van der Waals surface area contributed by atoms with Crippen molar-refractivity contribution in [2.24, 2.45) is 0 Å². The maximum atomic E-state index is 13.0. The number of piperidine rings is 1. The molecule has 154 valence electrons. The predicted molar refractivity (Wildman–Crippen MR) is 115 cm³/mol. The van der Waals surface area contributed by atoms with Gasteiger partial charge in [-0.25, -0.2) is 4.98 Å². The molecule has 0 radical (unpaired) electrons. The van der Waals surface area contributed by atoms with E-state index in [1.165, 1.54) is 5.69 Å². The lowest BCUT2D eigenvalue weighted by Crippen LogP contribution is -2.55. The summed E-state index contributed by atoms with van der Waals surface area (Å²) < 4.78 is 5.28. The van der Waals surface area contributed by atoms with Crippen molar-refractivity contribution in [3.8, 4) is 5.88 Å².